The second-order valence-electron chi connectivity index (χ2n) is 4.01. The zero-order valence-electron chi connectivity index (χ0n) is 11.0. The first-order valence-corrected chi connectivity index (χ1v) is 6.11. The molecular weight excluding hydrogens is 246 g/mol. The van der Waals surface area contributed by atoms with Gasteiger partial charge < -0.3 is 20.2 Å². The highest BCUT2D eigenvalue weighted by Crippen LogP contribution is 2.12. The zero-order chi connectivity index (χ0) is 13.7. The van der Waals surface area contributed by atoms with Crippen molar-refractivity contribution in [3.05, 3.63) is 23.7 Å². The summed E-state index contributed by atoms with van der Waals surface area (Å²) in [6.45, 7) is 4.91. The summed E-state index contributed by atoms with van der Waals surface area (Å²) >= 11 is 0. The summed E-state index contributed by atoms with van der Waals surface area (Å²) < 4.78 is 10.8. The van der Waals surface area contributed by atoms with E-state index in [1.807, 2.05) is 26.0 Å². The van der Waals surface area contributed by atoms with E-state index < -0.39 is 0 Å². The van der Waals surface area contributed by atoms with Crippen molar-refractivity contribution < 1.29 is 9.15 Å². The summed E-state index contributed by atoms with van der Waals surface area (Å²) in [5.74, 6) is 2.15. The molecule has 0 amide bonds. The smallest absolute Gasteiger partial charge is 0.323 e. The molecule has 0 aliphatic rings. The second-order valence-corrected chi connectivity index (χ2v) is 4.01. The molecule has 7 nitrogen and oxygen atoms in total. The largest absolute Gasteiger partial charge is 0.465 e. The summed E-state index contributed by atoms with van der Waals surface area (Å²) in [4.78, 5) is 12.0. The van der Waals surface area contributed by atoms with E-state index in [2.05, 4.69) is 20.3 Å². The lowest BCUT2D eigenvalue weighted by Gasteiger charge is -2.06. The topological polar surface area (TPSA) is 99.1 Å². The third-order valence-electron chi connectivity index (χ3n) is 2.28. The van der Waals surface area contributed by atoms with Crippen LogP contribution in [-0.4, -0.2) is 21.6 Å². The summed E-state index contributed by atoms with van der Waals surface area (Å²) in [7, 11) is 0. The van der Waals surface area contributed by atoms with Gasteiger partial charge in [0.05, 0.1) is 13.2 Å². The number of anilines is 2. The van der Waals surface area contributed by atoms with Gasteiger partial charge in [-0.25, -0.2) is 0 Å². The predicted octanol–water partition coefficient (Wildman–Crippen LogP) is 1.76. The number of nitrogens with two attached hydrogens (primary N) is 1. The van der Waals surface area contributed by atoms with Crippen molar-refractivity contribution in [1.29, 1.82) is 0 Å². The maximum Gasteiger partial charge on any atom is 0.323 e. The van der Waals surface area contributed by atoms with Crippen molar-refractivity contribution in [3.8, 4) is 6.01 Å². The Labute approximate surface area is 111 Å². The second kappa shape index (κ2) is 6.03. The van der Waals surface area contributed by atoms with Gasteiger partial charge in [-0.3, -0.25) is 0 Å². The SMILES string of the molecule is CCCOc1nc(N)nc(NCc2ccc(C)o2)n1. The molecule has 0 bridgehead atoms. The monoisotopic (exact) mass is 263 g/mol. The number of hydrogen-bond acceptors (Lipinski definition) is 7. The van der Waals surface area contributed by atoms with Gasteiger partial charge in [-0.05, 0) is 25.5 Å². The average molecular weight is 263 g/mol. The quantitative estimate of drug-likeness (QED) is 0.819. The summed E-state index contributed by atoms with van der Waals surface area (Å²) in [5, 5.41) is 3.02. The predicted molar refractivity (Wildman–Crippen MR) is 70.8 cm³/mol. The summed E-state index contributed by atoms with van der Waals surface area (Å²) in [6.07, 6.45) is 0.875. The number of hydrogen-bond donors (Lipinski definition) is 2. The van der Waals surface area contributed by atoms with Crippen LogP contribution in [0, 0.1) is 6.92 Å². The van der Waals surface area contributed by atoms with Gasteiger partial charge in [0.15, 0.2) is 0 Å². The molecule has 0 aromatic carbocycles. The summed E-state index contributed by atoms with van der Waals surface area (Å²) in [6, 6.07) is 4.02. The maximum atomic E-state index is 5.60. The van der Waals surface area contributed by atoms with Gasteiger partial charge in [0.1, 0.15) is 11.5 Å². The van der Waals surface area contributed by atoms with Crippen LogP contribution in [0.4, 0.5) is 11.9 Å². The van der Waals surface area contributed by atoms with Crippen LogP contribution in [0.2, 0.25) is 0 Å². The number of ether oxygens (including phenoxy) is 1. The van der Waals surface area contributed by atoms with Gasteiger partial charge in [-0.2, -0.15) is 15.0 Å². The van der Waals surface area contributed by atoms with Crippen molar-refractivity contribution in [3.63, 3.8) is 0 Å². The third kappa shape index (κ3) is 3.84. The fraction of sp³-hybridized carbons (Fsp3) is 0.417. The lowest BCUT2D eigenvalue weighted by atomic mass is 10.4. The Morgan fingerprint density at radius 2 is 2.16 bits per heavy atom. The van der Waals surface area contributed by atoms with E-state index in [-0.39, 0.29) is 12.0 Å². The number of nitrogens with zero attached hydrogens (tertiary/aromatic N) is 3. The maximum absolute atomic E-state index is 5.60. The Kier molecular flexibility index (Phi) is 4.17. The molecule has 0 saturated heterocycles. The van der Waals surface area contributed by atoms with Crippen LogP contribution in [0.15, 0.2) is 16.5 Å². The number of nitrogen functional groups attached to an aromatic ring is 1. The minimum absolute atomic E-state index is 0.124. The number of rotatable bonds is 6. The van der Waals surface area contributed by atoms with Crippen LogP contribution < -0.4 is 15.8 Å². The molecule has 0 atom stereocenters. The van der Waals surface area contributed by atoms with E-state index in [9.17, 15) is 0 Å². The molecule has 2 heterocycles. The highest BCUT2D eigenvalue weighted by molar-refractivity contribution is 5.33. The Balaban J connectivity index is 2.01. The molecular formula is C12H17N5O2. The number of aryl methyl sites for hydroxylation is 1. The van der Waals surface area contributed by atoms with Gasteiger partial charge in [-0.15, -0.1) is 0 Å². The number of furan rings is 1. The first-order valence-electron chi connectivity index (χ1n) is 6.11. The van der Waals surface area contributed by atoms with E-state index in [0.717, 1.165) is 17.9 Å². The van der Waals surface area contributed by atoms with E-state index >= 15 is 0 Å². The average Bonchev–Trinajstić information content (AvgIpc) is 2.79. The fourth-order valence-corrected chi connectivity index (χ4v) is 1.46. The van der Waals surface area contributed by atoms with Gasteiger partial charge >= 0.3 is 6.01 Å². The standard InChI is InChI=1S/C12H17N5O2/c1-3-6-18-12-16-10(13)15-11(17-12)14-7-9-5-4-8(2)19-9/h4-5H,3,6-7H2,1-2H3,(H3,13,14,15,16,17). The van der Waals surface area contributed by atoms with Crippen molar-refractivity contribution in [2.24, 2.45) is 0 Å². The number of nitrogens with one attached hydrogen (secondary N) is 1. The molecule has 19 heavy (non-hydrogen) atoms. The lowest BCUT2D eigenvalue weighted by molar-refractivity contribution is 0.292. The summed E-state index contributed by atoms with van der Waals surface area (Å²) in [5.41, 5.74) is 5.60. The molecule has 0 unspecified atom stereocenters. The van der Waals surface area contributed by atoms with Gasteiger partial charge in [0, 0.05) is 0 Å². The lowest BCUT2D eigenvalue weighted by Crippen LogP contribution is -2.09. The van der Waals surface area contributed by atoms with E-state index in [1.54, 1.807) is 0 Å². The van der Waals surface area contributed by atoms with E-state index in [1.165, 1.54) is 0 Å². The molecule has 0 aliphatic heterocycles. The Hall–Kier alpha value is -2.31. The Morgan fingerprint density at radius 1 is 1.32 bits per heavy atom. The van der Waals surface area contributed by atoms with Gasteiger partial charge in [0.25, 0.3) is 0 Å². The van der Waals surface area contributed by atoms with Crippen LogP contribution in [0.25, 0.3) is 0 Å². The number of aromatic nitrogens is 3. The molecule has 0 aliphatic carbocycles. The van der Waals surface area contributed by atoms with Crippen LogP contribution >= 0.6 is 0 Å². The van der Waals surface area contributed by atoms with E-state index in [0.29, 0.717) is 19.1 Å². The van der Waals surface area contributed by atoms with Crippen molar-refractivity contribution in [2.75, 3.05) is 17.7 Å². The van der Waals surface area contributed by atoms with Crippen molar-refractivity contribution in [2.45, 2.75) is 26.8 Å². The highest BCUT2D eigenvalue weighted by Gasteiger charge is 2.06. The molecule has 3 N–H and O–H groups in total. The third-order valence-corrected chi connectivity index (χ3v) is 2.28. The van der Waals surface area contributed by atoms with Gasteiger partial charge in [-0.1, -0.05) is 6.92 Å². The van der Waals surface area contributed by atoms with Crippen molar-refractivity contribution in [1.82, 2.24) is 15.0 Å². The Morgan fingerprint density at radius 3 is 2.84 bits per heavy atom. The molecule has 0 spiro atoms. The first-order chi connectivity index (χ1) is 9.17. The van der Waals surface area contributed by atoms with Crippen LogP contribution in [0.3, 0.4) is 0 Å². The molecule has 2 aromatic rings. The van der Waals surface area contributed by atoms with Crippen LogP contribution in [-0.2, 0) is 6.54 Å². The van der Waals surface area contributed by atoms with Crippen molar-refractivity contribution >= 4 is 11.9 Å². The van der Waals surface area contributed by atoms with Crippen LogP contribution in [0.5, 0.6) is 6.01 Å². The Bertz CT molecular complexity index is 541. The van der Waals surface area contributed by atoms with E-state index in [4.69, 9.17) is 14.9 Å². The molecule has 0 saturated carbocycles. The molecule has 0 radical (unpaired) electrons. The minimum atomic E-state index is 0.124. The van der Waals surface area contributed by atoms with Gasteiger partial charge in [0.2, 0.25) is 11.9 Å². The molecule has 2 rings (SSSR count). The zero-order valence-corrected chi connectivity index (χ0v) is 11.0. The molecule has 7 heteroatoms. The normalized spacial score (nSPS) is 10.4. The first kappa shape index (κ1) is 13.1. The fourth-order valence-electron chi connectivity index (χ4n) is 1.46. The molecule has 102 valence electrons. The highest BCUT2D eigenvalue weighted by atomic mass is 16.5. The van der Waals surface area contributed by atoms with Crippen LogP contribution in [0.1, 0.15) is 24.9 Å². The minimum Gasteiger partial charge on any atom is -0.465 e. The molecule has 0 fully saturated rings. The molecule has 2 aromatic heterocycles.